The van der Waals surface area contributed by atoms with E-state index in [0.717, 1.165) is 14.7 Å². The van der Waals surface area contributed by atoms with Crippen molar-refractivity contribution in [2.45, 2.75) is 0 Å². The number of benzene rings is 1. The first-order chi connectivity index (χ1) is 7.18. The second kappa shape index (κ2) is 4.37. The summed E-state index contributed by atoms with van der Waals surface area (Å²) >= 11 is 6.87. The summed E-state index contributed by atoms with van der Waals surface area (Å²) in [6.07, 6.45) is 1.70. The van der Waals surface area contributed by atoms with Crippen LogP contribution >= 0.6 is 31.9 Å². The molecule has 0 unspecified atom stereocenters. The minimum absolute atomic E-state index is 0.703. The Morgan fingerprint density at radius 2 is 2.07 bits per heavy atom. The van der Waals surface area contributed by atoms with Crippen molar-refractivity contribution in [1.29, 1.82) is 0 Å². The largest absolute Gasteiger partial charge is 0.438 e. The molecule has 0 N–H and O–H groups in total. The lowest BCUT2D eigenvalue weighted by atomic mass is 10.3. The Morgan fingerprint density at radius 3 is 2.73 bits per heavy atom. The Morgan fingerprint density at radius 1 is 1.27 bits per heavy atom. The second-order valence-corrected chi connectivity index (χ2v) is 4.59. The molecule has 5 heteroatoms. The molecule has 78 valence electrons. The van der Waals surface area contributed by atoms with Gasteiger partial charge in [0, 0.05) is 17.6 Å². The van der Waals surface area contributed by atoms with Crippen LogP contribution < -0.4 is 4.74 Å². The van der Waals surface area contributed by atoms with Gasteiger partial charge in [-0.05, 0) is 44.0 Å². The van der Waals surface area contributed by atoms with E-state index in [1.165, 1.54) is 0 Å². The van der Waals surface area contributed by atoms with Gasteiger partial charge in [-0.25, -0.2) is 4.68 Å². The average Bonchev–Trinajstić information content (AvgIpc) is 2.60. The third-order valence-corrected chi connectivity index (χ3v) is 3.92. The molecule has 0 aliphatic rings. The zero-order chi connectivity index (χ0) is 10.8. The van der Waals surface area contributed by atoms with Gasteiger partial charge in [0.2, 0.25) is 5.88 Å². The Kier molecular flexibility index (Phi) is 3.11. The summed E-state index contributed by atoms with van der Waals surface area (Å²) in [5.74, 6) is 1.46. The van der Waals surface area contributed by atoms with E-state index < -0.39 is 0 Å². The first-order valence-electron chi connectivity index (χ1n) is 4.28. The number of ether oxygens (including phenoxy) is 1. The van der Waals surface area contributed by atoms with Gasteiger partial charge in [-0.1, -0.05) is 6.07 Å². The number of nitrogens with zero attached hydrogens (tertiary/aromatic N) is 2. The SMILES string of the molecule is Cn1nccc1Oc1cccc(Br)c1Br. The molecule has 0 aliphatic carbocycles. The van der Waals surface area contributed by atoms with Crippen molar-refractivity contribution >= 4 is 31.9 Å². The monoisotopic (exact) mass is 330 g/mol. The number of halogens is 2. The molecule has 0 amide bonds. The van der Waals surface area contributed by atoms with Crippen molar-refractivity contribution < 1.29 is 4.74 Å². The van der Waals surface area contributed by atoms with Crippen LogP contribution in [0.2, 0.25) is 0 Å². The fraction of sp³-hybridized carbons (Fsp3) is 0.100. The van der Waals surface area contributed by atoms with Crippen LogP contribution in [0.3, 0.4) is 0 Å². The molecule has 0 radical (unpaired) electrons. The van der Waals surface area contributed by atoms with E-state index in [0.29, 0.717) is 5.88 Å². The van der Waals surface area contributed by atoms with Gasteiger partial charge in [-0.2, -0.15) is 5.10 Å². The smallest absolute Gasteiger partial charge is 0.217 e. The fourth-order valence-corrected chi connectivity index (χ4v) is 1.83. The summed E-state index contributed by atoms with van der Waals surface area (Å²) in [6.45, 7) is 0. The molecule has 1 aromatic carbocycles. The average molecular weight is 332 g/mol. The maximum absolute atomic E-state index is 5.68. The molecule has 2 rings (SSSR count). The van der Waals surface area contributed by atoms with Gasteiger partial charge >= 0.3 is 0 Å². The Labute approximate surface area is 104 Å². The van der Waals surface area contributed by atoms with Crippen molar-refractivity contribution in [2.24, 2.45) is 7.05 Å². The van der Waals surface area contributed by atoms with Gasteiger partial charge < -0.3 is 4.74 Å². The van der Waals surface area contributed by atoms with Crippen LogP contribution in [0.4, 0.5) is 0 Å². The van der Waals surface area contributed by atoms with Gasteiger partial charge in [-0.15, -0.1) is 0 Å². The third kappa shape index (κ3) is 2.23. The molecule has 3 nitrogen and oxygen atoms in total. The lowest BCUT2D eigenvalue weighted by molar-refractivity contribution is 0.428. The van der Waals surface area contributed by atoms with Crippen LogP contribution in [0.1, 0.15) is 0 Å². The van der Waals surface area contributed by atoms with E-state index in [-0.39, 0.29) is 0 Å². The normalized spacial score (nSPS) is 10.3. The molecule has 0 saturated heterocycles. The van der Waals surface area contributed by atoms with Crippen LogP contribution in [0.5, 0.6) is 11.6 Å². The van der Waals surface area contributed by atoms with Crippen LogP contribution in [-0.4, -0.2) is 9.78 Å². The maximum Gasteiger partial charge on any atom is 0.217 e. The van der Waals surface area contributed by atoms with E-state index in [9.17, 15) is 0 Å². The van der Waals surface area contributed by atoms with E-state index in [1.54, 1.807) is 10.9 Å². The van der Waals surface area contributed by atoms with E-state index in [1.807, 2.05) is 31.3 Å². The highest BCUT2D eigenvalue weighted by Gasteiger charge is 2.07. The Hall–Kier alpha value is -0.810. The number of hydrogen-bond acceptors (Lipinski definition) is 2. The predicted molar refractivity (Wildman–Crippen MR) is 65.1 cm³/mol. The molecule has 15 heavy (non-hydrogen) atoms. The number of aryl methyl sites for hydroxylation is 1. The number of hydrogen-bond donors (Lipinski definition) is 0. The van der Waals surface area contributed by atoms with Crippen LogP contribution in [0.15, 0.2) is 39.4 Å². The zero-order valence-electron chi connectivity index (χ0n) is 7.95. The zero-order valence-corrected chi connectivity index (χ0v) is 11.1. The molecule has 0 atom stereocenters. The van der Waals surface area contributed by atoms with Crippen LogP contribution in [0.25, 0.3) is 0 Å². The van der Waals surface area contributed by atoms with Gasteiger partial charge in [0.05, 0.1) is 10.7 Å². The van der Waals surface area contributed by atoms with Gasteiger partial charge in [0.15, 0.2) is 0 Å². The van der Waals surface area contributed by atoms with Crippen molar-refractivity contribution in [3.05, 3.63) is 39.4 Å². The molecule has 0 fully saturated rings. The molecular formula is C10H8Br2N2O. The first kappa shape index (κ1) is 10.7. The van der Waals surface area contributed by atoms with Gasteiger partial charge in [0.25, 0.3) is 0 Å². The lowest BCUT2D eigenvalue weighted by Crippen LogP contribution is -1.95. The maximum atomic E-state index is 5.68. The molecular weight excluding hydrogens is 324 g/mol. The minimum Gasteiger partial charge on any atom is -0.438 e. The predicted octanol–water partition coefficient (Wildman–Crippen LogP) is 3.74. The number of aromatic nitrogens is 2. The van der Waals surface area contributed by atoms with Crippen molar-refractivity contribution in [3.63, 3.8) is 0 Å². The van der Waals surface area contributed by atoms with E-state index in [4.69, 9.17) is 4.74 Å². The summed E-state index contributed by atoms with van der Waals surface area (Å²) in [5.41, 5.74) is 0. The number of rotatable bonds is 2. The highest BCUT2D eigenvalue weighted by Crippen LogP contribution is 2.34. The third-order valence-electron chi connectivity index (χ3n) is 1.91. The summed E-state index contributed by atoms with van der Waals surface area (Å²) < 4.78 is 9.21. The van der Waals surface area contributed by atoms with Crippen LogP contribution in [0, 0.1) is 0 Å². The summed E-state index contributed by atoms with van der Waals surface area (Å²) in [6, 6.07) is 7.57. The Bertz CT molecular complexity index is 482. The molecule has 2 aromatic rings. The van der Waals surface area contributed by atoms with Crippen molar-refractivity contribution in [2.75, 3.05) is 0 Å². The van der Waals surface area contributed by atoms with Crippen molar-refractivity contribution in [1.82, 2.24) is 9.78 Å². The van der Waals surface area contributed by atoms with E-state index >= 15 is 0 Å². The first-order valence-corrected chi connectivity index (χ1v) is 5.87. The summed E-state index contributed by atoms with van der Waals surface area (Å²) in [7, 11) is 1.83. The van der Waals surface area contributed by atoms with Crippen LogP contribution in [-0.2, 0) is 7.05 Å². The highest BCUT2D eigenvalue weighted by atomic mass is 79.9. The quantitative estimate of drug-likeness (QED) is 0.838. The van der Waals surface area contributed by atoms with Crippen molar-refractivity contribution in [3.8, 4) is 11.6 Å². The van der Waals surface area contributed by atoms with Gasteiger partial charge in [-0.3, -0.25) is 0 Å². The molecule has 0 spiro atoms. The summed E-state index contributed by atoms with van der Waals surface area (Å²) in [5, 5.41) is 4.03. The minimum atomic E-state index is 0.703. The topological polar surface area (TPSA) is 27.1 Å². The fourth-order valence-electron chi connectivity index (χ4n) is 1.14. The highest BCUT2D eigenvalue weighted by molar-refractivity contribution is 9.13. The summed E-state index contributed by atoms with van der Waals surface area (Å²) in [4.78, 5) is 0. The molecule has 0 saturated carbocycles. The lowest BCUT2D eigenvalue weighted by Gasteiger charge is -2.08. The second-order valence-electron chi connectivity index (χ2n) is 2.95. The molecule has 1 aromatic heterocycles. The van der Waals surface area contributed by atoms with Gasteiger partial charge in [0.1, 0.15) is 5.75 Å². The Balaban J connectivity index is 2.33. The molecule has 0 bridgehead atoms. The van der Waals surface area contributed by atoms with E-state index in [2.05, 4.69) is 37.0 Å². The standard InChI is InChI=1S/C10H8Br2N2O/c1-14-9(5-6-13-14)15-8-4-2-3-7(11)10(8)12/h2-6H,1H3. The molecule has 0 aliphatic heterocycles. The molecule has 1 heterocycles.